The van der Waals surface area contributed by atoms with Crippen LogP contribution in [0.5, 0.6) is 11.5 Å². The van der Waals surface area contributed by atoms with Crippen LogP contribution in [0.15, 0.2) is 77.7 Å². The van der Waals surface area contributed by atoms with Crippen molar-refractivity contribution in [3.8, 4) is 11.5 Å². The normalized spacial score (nSPS) is 15.3. The largest absolute Gasteiger partial charge is 0.492 e. The third kappa shape index (κ3) is 5.12. The summed E-state index contributed by atoms with van der Waals surface area (Å²) in [5, 5.41) is 2.78. The van der Waals surface area contributed by atoms with Crippen LogP contribution in [-0.2, 0) is 14.8 Å². The van der Waals surface area contributed by atoms with Crippen molar-refractivity contribution in [1.29, 1.82) is 0 Å². The summed E-state index contributed by atoms with van der Waals surface area (Å²) in [7, 11) is -3.88. The minimum Gasteiger partial charge on any atom is -0.492 e. The summed E-state index contributed by atoms with van der Waals surface area (Å²) in [6, 6.07) is 21.1. The van der Waals surface area contributed by atoms with Gasteiger partial charge in [0.1, 0.15) is 18.1 Å². The number of hydrogen-bond acceptors (Lipinski definition) is 5. The van der Waals surface area contributed by atoms with Crippen LogP contribution in [0.4, 0.5) is 5.69 Å². The first-order valence-corrected chi connectivity index (χ1v) is 12.1. The monoisotopic (exact) mass is 466 g/mol. The zero-order chi connectivity index (χ0) is 23.4. The summed E-state index contributed by atoms with van der Waals surface area (Å²) < 4.78 is 39.5. The van der Waals surface area contributed by atoms with E-state index in [0.717, 1.165) is 16.9 Å². The third-order valence-corrected chi connectivity index (χ3v) is 7.09. The molecule has 1 N–H and O–H groups in total. The number of benzene rings is 3. The average molecular weight is 467 g/mol. The lowest BCUT2D eigenvalue weighted by atomic mass is 10.2. The van der Waals surface area contributed by atoms with Crippen molar-refractivity contribution in [1.82, 2.24) is 5.32 Å². The number of nitrogens with zero attached hydrogens (tertiary/aromatic N) is 1. The van der Waals surface area contributed by atoms with Crippen LogP contribution in [0.3, 0.4) is 0 Å². The lowest BCUT2D eigenvalue weighted by Gasteiger charge is -2.34. The first-order chi connectivity index (χ1) is 15.8. The molecule has 33 heavy (non-hydrogen) atoms. The molecule has 0 aliphatic carbocycles. The van der Waals surface area contributed by atoms with Crippen molar-refractivity contribution >= 4 is 21.6 Å². The van der Waals surface area contributed by atoms with E-state index in [1.54, 1.807) is 48.5 Å². The van der Waals surface area contributed by atoms with Crippen molar-refractivity contribution in [2.75, 3.05) is 24.0 Å². The Hall–Kier alpha value is -3.52. The van der Waals surface area contributed by atoms with Gasteiger partial charge in [-0.2, -0.15) is 0 Å². The number of fused-ring (bicyclic) bond motifs is 1. The number of aryl methyl sites for hydroxylation is 2. The standard InChI is InChI=1S/C25H26N2O5S/c1-18-10-12-21(13-11-18)33(29,30)27-17-24(32-23-9-4-3-8-22(23)27)25(28)26-14-15-31-20-7-5-6-19(2)16-20/h3-13,16,24H,14-15,17H2,1-2H3,(H,26,28)/t24-/m1/s1. The van der Waals surface area contributed by atoms with Crippen molar-refractivity contribution in [2.45, 2.75) is 24.8 Å². The fourth-order valence-corrected chi connectivity index (χ4v) is 5.04. The average Bonchev–Trinajstić information content (AvgIpc) is 2.81. The van der Waals surface area contributed by atoms with Gasteiger partial charge in [0.2, 0.25) is 0 Å². The van der Waals surface area contributed by atoms with Crippen LogP contribution >= 0.6 is 0 Å². The van der Waals surface area contributed by atoms with E-state index in [2.05, 4.69) is 5.32 Å². The van der Waals surface area contributed by atoms with E-state index in [-0.39, 0.29) is 24.6 Å². The van der Waals surface area contributed by atoms with Crippen LogP contribution in [-0.4, -0.2) is 40.1 Å². The maximum absolute atomic E-state index is 13.4. The number of carbonyl (C=O) groups is 1. The molecule has 0 radical (unpaired) electrons. The predicted octanol–water partition coefficient (Wildman–Crippen LogP) is 3.45. The second-order valence-electron chi connectivity index (χ2n) is 7.88. The molecule has 1 aliphatic heterocycles. The minimum absolute atomic E-state index is 0.127. The maximum Gasteiger partial charge on any atom is 0.264 e. The molecule has 1 amide bonds. The van der Waals surface area contributed by atoms with E-state index in [0.29, 0.717) is 11.4 Å². The molecule has 0 aromatic heterocycles. The number of rotatable bonds is 7. The zero-order valence-corrected chi connectivity index (χ0v) is 19.3. The Labute approximate surface area is 194 Å². The van der Waals surface area contributed by atoms with Gasteiger partial charge in [-0.15, -0.1) is 0 Å². The van der Waals surface area contributed by atoms with Gasteiger partial charge in [-0.1, -0.05) is 42.0 Å². The molecule has 0 spiro atoms. The Kier molecular flexibility index (Phi) is 6.55. The molecule has 3 aromatic rings. The molecule has 1 heterocycles. The van der Waals surface area contributed by atoms with Gasteiger partial charge < -0.3 is 14.8 Å². The number of para-hydroxylation sites is 2. The Morgan fingerprint density at radius 3 is 2.55 bits per heavy atom. The van der Waals surface area contributed by atoms with Crippen molar-refractivity contribution in [2.24, 2.45) is 0 Å². The summed E-state index contributed by atoms with van der Waals surface area (Å²) >= 11 is 0. The molecule has 1 atom stereocenters. The highest BCUT2D eigenvalue weighted by atomic mass is 32.2. The fourth-order valence-electron chi connectivity index (χ4n) is 3.57. The topological polar surface area (TPSA) is 84.9 Å². The van der Waals surface area contributed by atoms with E-state index in [9.17, 15) is 13.2 Å². The fraction of sp³-hybridized carbons (Fsp3) is 0.240. The van der Waals surface area contributed by atoms with Gasteiger partial charge in [-0.05, 0) is 55.8 Å². The Bertz CT molecular complexity index is 1240. The van der Waals surface area contributed by atoms with Crippen molar-refractivity contribution in [3.63, 3.8) is 0 Å². The van der Waals surface area contributed by atoms with Gasteiger partial charge in [-0.25, -0.2) is 8.42 Å². The molecule has 1 aliphatic rings. The number of anilines is 1. The highest BCUT2D eigenvalue weighted by molar-refractivity contribution is 7.92. The van der Waals surface area contributed by atoms with E-state index in [1.165, 1.54) is 4.31 Å². The van der Waals surface area contributed by atoms with Crippen molar-refractivity contribution < 1.29 is 22.7 Å². The lowest BCUT2D eigenvalue weighted by Crippen LogP contribution is -2.51. The number of carbonyl (C=O) groups excluding carboxylic acids is 1. The molecule has 0 bridgehead atoms. The highest BCUT2D eigenvalue weighted by Gasteiger charge is 2.37. The molecule has 0 unspecified atom stereocenters. The smallest absolute Gasteiger partial charge is 0.264 e. The van der Waals surface area contributed by atoms with E-state index >= 15 is 0 Å². The van der Waals surface area contributed by atoms with Gasteiger partial charge in [0.15, 0.2) is 6.10 Å². The molecule has 4 rings (SSSR count). The number of hydrogen-bond donors (Lipinski definition) is 1. The molecular weight excluding hydrogens is 440 g/mol. The van der Waals surface area contributed by atoms with Crippen LogP contribution in [0.25, 0.3) is 0 Å². The van der Waals surface area contributed by atoms with Crippen molar-refractivity contribution in [3.05, 3.63) is 83.9 Å². The summed E-state index contributed by atoms with van der Waals surface area (Å²) in [5.74, 6) is 0.666. The Balaban J connectivity index is 1.46. The molecule has 3 aromatic carbocycles. The number of amides is 1. The number of nitrogens with one attached hydrogen (secondary N) is 1. The Morgan fingerprint density at radius 2 is 1.79 bits per heavy atom. The lowest BCUT2D eigenvalue weighted by molar-refractivity contribution is -0.127. The number of ether oxygens (including phenoxy) is 2. The molecular formula is C25H26N2O5S. The quantitative estimate of drug-likeness (QED) is 0.539. The molecule has 7 nitrogen and oxygen atoms in total. The first-order valence-electron chi connectivity index (χ1n) is 10.7. The summed E-state index contributed by atoms with van der Waals surface area (Å²) in [4.78, 5) is 13.0. The van der Waals surface area contributed by atoms with Gasteiger partial charge in [-0.3, -0.25) is 9.10 Å². The van der Waals surface area contributed by atoms with Crippen LogP contribution in [0.2, 0.25) is 0 Å². The van der Waals surface area contributed by atoms with Crippen LogP contribution in [0.1, 0.15) is 11.1 Å². The molecule has 172 valence electrons. The van der Waals surface area contributed by atoms with E-state index in [4.69, 9.17) is 9.47 Å². The Morgan fingerprint density at radius 1 is 1.03 bits per heavy atom. The van der Waals surface area contributed by atoms with Crippen LogP contribution in [0, 0.1) is 13.8 Å². The predicted molar refractivity (Wildman–Crippen MR) is 126 cm³/mol. The molecule has 8 heteroatoms. The first kappa shape index (κ1) is 22.7. The zero-order valence-electron chi connectivity index (χ0n) is 18.5. The van der Waals surface area contributed by atoms with E-state index in [1.807, 2.05) is 38.1 Å². The summed E-state index contributed by atoms with van der Waals surface area (Å²) in [6.45, 7) is 4.29. The maximum atomic E-state index is 13.4. The SMILES string of the molecule is Cc1ccc(S(=O)(=O)N2C[C@H](C(=O)NCCOc3cccc(C)c3)Oc3ccccc32)cc1. The van der Waals surface area contributed by atoms with Crippen LogP contribution < -0.4 is 19.1 Å². The van der Waals surface area contributed by atoms with Gasteiger partial charge in [0.05, 0.1) is 23.7 Å². The van der Waals surface area contributed by atoms with E-state index < -0.39 is 22.0 Å². The molecule has 0 saturated carbocycles. The van der Waals surface area contributed by atoms with Gasteiger partial charge >= 0.3 is 0 Å². The molecule has 0 saturated heterocycles. The third-order valence-electron chi connectivity index (χ3n) is 5.30. The highest BCUT2D eigenvalue weighted by Crippen LogP contribution is 2.36. The van der Waals surface area contributed by atoms with Gasteiger partial charge in [0.25, 0.3) is 15.9 Å². The summed E-state index contributed by atoms with van der Waals surface area (Å²) in [5.41, 5.74) is 2.45. The number of sulfonamides is 1. The second-order valence-corrected chi connectivity index (χ2v) is 9.74. The summed E-state index contributed by atoms with van der Waals surface area (Å²) in [6.07, 6.45) is -0.987. The second kappa shape index (κ2) is 9.54. The molecule has 0 fully saturated rings. The van der Waals surface area contributed by atoms with Gasteiger partial charge in [0, 0.05) is 0 Å². The minimum atomic E-state index is -3.88.